The van der Waals surface area contributed by atoms with E-state index < -0.39 is 158 Å². The molecule has 0 radical (unpaired) electrons. The quantitative estimate of drug-likeness (QED) is 0.123. The molecule has 0 aromatic carbocycles. The Morgan fingerprint density at radius 2 is 1.27 bits per heavy atom. The zero-order valence-corrected chi connectivity index (χ0v) is 46.8. The number of aliphatic hydroxyl groups is 10. The van der Waals surface area contributed by atoms with Crippen molar-refractivity contribution in [2.45, 2.75) is 195 Å². The van der Waals surface area contributed by atoms with Crippen LogP contribution < -0.4 is 16.8 Å². The number of carbonyl (C=O) groups is 4. The number of amides is 1. The first-order valence-corrected chi connectivity index (χ1v) is 27.1. The van der Waals surface area contributed by atoms with Gasteiger partial charge in [-0.2, -0.15) is 0 Å². The second kappa shape index (κ2) is 36.8. The number of aliphatic hydroxyl groups excluding tert-OH is 9. The molecule has 3 heterocycles. The summed E-state index contributed by atoms with van der Waals surface area (Å²) >= 11 is 0. The summed E-state index contributed by atoms with van der Waals surface area (Å²) in [6.07, 6.45) is 4.71. The van der Waals surface area contributed by atoms with Gasteiger partial charge in [0.15, 0.2) is 12.1 Å². The number of fused-ring (bicyclic) bond motifs is 2. The van der Waals surface area contributed by atoms with Crippen molar-refractivity contribution in [3.63, 3.8) is 0 Å². The van der Waals surface area contributed by atoms with E-state index in [0.29, 0.717) is 6.54 Å². The molecule has 17 N–H and O–H groups in total. The highest BCUT2D eigenvalue weighted by atomic mass is 16.7. The van der Waals surface area contributed by atoms with Crippen LogP contribution in [0.15, 0.2) is 85.1 Å². The van der Waals surface area contributed by atoms with Crippen LogP contribution in [0.5, 0.6) is 0 Å². The van der Waals surface area contributed by atoms with Crippen molar-refractivity contribution < 1.29 is 99.4 Å². The second-order valence-electron chi connectivity index (χ2n) is 21.2. The van der Waals surface area contributed by atoms with Crippen LogP contribution >= 0.6 is 0 Å². The zero-order chi connectivity index (χ0) is 60.3. The number of hydrogen-bond acceptors (Lipinski definition) is 21. The molecule has 2 fully saturated rings. The number of ether oxygens (including phenoxy) is 4. The summed E-state index contributed by atoms with van der Waals surface area (Å²) in [7, 11) is 3.65. The lowest BCUT2D eigenvalue weighted by Gasteiger charge is -2.46. The Kier molecular flexibility index (Phi) is 32.9. The molecule has 3 aliphatic heterocycles. The number of aliphatic carboxylic acids is 2. The average Bonchev–Trinajstić information content (AvgIpc) is 3.36. The predicted molar refractivity (Wildman–Crippen MR) is 293 cm³/mol. The van der Waals surface area contributed by atoms with Crippen LogP contribution in [0.2, 0.25) is 0 Å². The molecule has 24 nitrogen and oxygen atoms in total. The third-order valence-electron chi connectivity index (χ3n) is 13.9. The number of cyclic esters (lactones) is 1. The largest absolute Gasteiger partial charge is 0.481 e. The summed E-state index contributed by atoms with van der Waals surface area (Å²) in [6.45, 7) is 7.50. The maximum atomic E-state index is 13.8. The predicted octanol–water partition coefficient (Wildman–Crippen LogP) is -0.432. The van der Waals surface area contributed by atoms with Gasteiger partial charge in [-0.05, 0) is 60.0 Å². The highest BCUT2D eigenvalue weighted by Gasteiger charge is 2.51. The summed E-state index contributed by atoms with van der Waals surface area (Å²) in [4.78, 5) is 48.2. The molecule has 3 rings (SSSR count). The van der Waals surface area contributed by atoms with E-state index in [-0.39, 0.29) is 57.4 Å². The zero-order valence-electron chi connectivity index (χ0n) is 46.8. The van der Waals surface area contributed by atoms with E-state index in [4.69, 9.17) is 40.6 Å². The number of carboxylic acids is 2. The summed E-state index contributed by atoms with van der Waals surface area (Å²) < 4.78 is 23.7. The Morgan fingerprint density at radius 1 is 0.725 bits per heavy atom. The number of nitrogens with one attached hydrogen (secondary N) is 1. The first kappa shape index (κ1) is 71.5. The molecule has 1 unspecified atom stereocenters. The highest BCUT2D eigenvalue weighted by molar-refractivity contribution is 5.80. The topological polar surface area (TPSA) is 415 Å². The Balaban J connectivity index is 0.00000198. The maximum absolute atomic E-state index is 13.8. The smallest absolute Gasteiger partial charge is 0.320 e. The Labute approximate surface area is 469 Å². The average molecular weight is 1140 g/mol. The van der Waals surface area contributed by atoms with Gasteiger partial charge in [0.05, 0.1) is 85.5 Å². The van der Waals surface area contributed by atoms with Crippen molar-refractivity contribution in [1.82, 2.24) is 10.2 Å². The van der Waals surface area contributed by atoms with Crippen LogP contribution in [0, 0.1) is 17.8 Å². The number of nitrogens with two attached hydrogens (primary N) is 2. The van der Waals surface area contributed by atoms with E-state index in [1.165, 1.54) is 0 Å². The first-order chi connectivity index (χ1) is 37.5. The van der Waals surface area contributed by atoms with Gasteiger partial charge in [-0.3, -0.25) is 19.2 Å². The van der Waals surface area contributed by atoms with Gasteiger partial charge in [0.2, 0.25) is 5.91 Å². The van der Waals surface area contributed by atoms with Crippen LogP contribution in [0.4, 0.5) is 0 Å². The summed E-state index contributed by atoms with van der Waals surface area (Å²) in [5.41, 5.74) is 11.1. The standard InChI is InChI=1S/C51H83N3O16.C5H9NO4/c1-31-19-17-15-13-11-9-7-8-10-12-14-16-18-20-38(69-50-48(64)45(52)47(63)34(4)68-50)28-42-44(49(65)53-23-24-54(5)6)41(60)30-51(66,70-42)29-40(59)39(58)22-21-35(55)25-36(56)26-37(57)27-43(61)67-33(3)32(2)46(31)62;6-3(5(9)10)1-2-4(7)8/h7-20,31-42,44-48,50,55-60,62-64,66H,21-30,52H2,1-6H3,(H,53,65);3H,1-2,6H2,(H,7,8)(H,9,10)/b8-7+,11-9+,12-10+,15-13+,16-14+,19-17+,20-18+;/t31-,32-,33-,34+,35+,36+,37+,38-,39+,40+,41-,42-,44+,45-,46+,47+,48-,50+,51+;/m0./s1. The fourth-order valence-electron chi connectivity index (χ4n) is 8.90. The number of carbonyl (C=O) groups excluding carboxylic acids is 2. The Bertz CT molecular complexity index is 2070. The number of esters is 1. The van der Waals surface area contributed by atoms with E-state index in [1.54, 1.807) is 63.3 Å². The molecule has 0 spiro atoms. The number of allylic oxidation sites excluding steroid dienone is 12. The minimum atomic E-state index is -2.29. The van der Waals surface area contributed by atoms with Crippen molar-refractivity contribution in [3.05, 3.63) is 85.1 Å². The second-order valence-corrected chi connectivity index (χ2v) is 21.2. The van der Waals surface area contributed by atoms with Gasteiger partial charge in [-0.25, -0.2) is 0 Å². The van der Waals surface area contributed by atoms with Crippen molar-refractivity contribution in [1.29, 1.82) is 0 Å². The third-order valence-corrected chi connectivity index (χ3v) is 13.9. The van der Waals surface area contributed by atoms with Crippen molar-refractivity contribution in [3.8, 4) is 0 Å². The SMILES string of the molecule is C[C@@H]1[C@H](O)[C@@H](C)/C=C/C=C/C=C/C=C/C=C/C=C/C=C/[C@H](O[C@H]2O[C@H](C)[C@@H](O)[C@H](N)[C@@H]2O)C[C@@H]2O[C@](O)(C[C@@H](O)[C@H](O)CC[C@@H](O)C[C@@H](O)C[C@@H](O)CC(=O)O[C@H]1C)C[C@H](O)[C@H]2C(=O)NCCN(C)C.NC(CCC(=O)O)C(=O)O. The van der Waals surface area contributed by atoms with E-state index in [9.17, 15) is 70.2 Å². The van der Waals surface area contributed by atoms with Crippen molar-refractivity contribution >= 4 is 23.8 Å². The van der Waals surface area contributed by atoms with Gasteiger partial charge in [0.1, 0.15) is 18.2 Å². The van der Waals surface area contributed by atoms with Gasteiger partial charge in [-0.15, -0.1) is 0 Å². The molecular weight excluding hydrogens is 1050 g/mol. The molecule has 80 heavy (non-hydrogen) atoms. The van der Waals surface area contributed by atoms with Gasteiger partial charge in [0.25, 0.3) is 0 Å². The number of nitrogens with zero attached hydrogens (tertiary/aromatic N) is 1. The Morgan fingerprint density at radius 3 is 1.84 bits per heavy atom. The normalized spacial score (nSPS) is 39.3. The molecule has 0 aromatic heterocycles. The van der Waals surface area contributed by atoms with Gasteiger partial charge in [-0.1, -0.05) is 98.9 Å². The molecule has 0 aliphatic carbocycles. The van der Waals surface area contributed by atoms with Crippen LogP contribution in [0.1, 0.15) is 91.9 Å². The fraction of sp³-hybridized carbons (Fsp3) is 0.679. The van der Waals surface area contributed by atoms with E-state index in [1.807, 2.05) is 68.5 Å². The highest BCUT2D eigenvalue weighted by Crippen LogP contribution is 2.38. The van der Waals surface area contributed by atoms with Gasteiger partial charge >= 0.3 is 17.9 Å². The molecule has 456 valence electrons. The molecule has 1 amide bonds. The number of hydrogen-bond donors (Lipinski definition) is 15. The lowest BCUT2D eigenvalue weighted by molar-refractivity contribution is -0.308. The first-order valence-electron chi connectivity index (χ1n) is 27.1. The monoisotopic (exact) mass is 1140 g/mol. The minimum Gasteiger partial charge on any atom is -0.481 e. The minimum absolute atomic E-state index is 0.0231. The van der Waals surface area contributed by atoms with E-state index >= 15 is 0 Å². The number of carboxylic acid groups (broad SMARTS) is 2. The summed E-state index contributed by atoms with van der Waals surface area (Å²) in [5.74, 6) is -7.80. The molecule has 20 atom stereocenters. The number of rotatable bonds is 10. The van der Waals surface area contributed by atoms with Gasteiger partial charge in [0, 0.05) is 50.6 Å². The molecule has 24 heteroatoms. The number of likely N-dealkylation sites (N-methyl/N-ethyl adjacent to an activating group) is 1. The summed E-state index contributed by atoms with van der Waals surface area (Å²) in [5, 5.41) is 129. The maximum Gasteiger partial charge on any atom is 0.320 e. The Hall–Kier alpha value is -4.58. The van der Waals surface area contributed by atoms with Crippen molar-refractivity contribution in [2.75, 3.05) is 27.2 Å². The lowest BCUT2D eigenvalue weighted by Crippen LogP contribution is -2.62. The van der Waals surface area contributed by atoms with Crippen LogP contribution in [-0.4, -0.2) is 221 Å². The molecule has 2 bridgehead atoms. The molecule has 0 aromatic rings. The van der Waals surface area contributed by atoms with Crippen LogP contribution in [0.25, 0.3) is 0 Å². The lowest BCUT2D eigenvalue weighted by atomic mass is 9.82. The molecule has 2 saturated heterocycles. The van der Waals surface area contributed by atoms with E-state index in [2.05, 4.69) is 5.32 Å². The van der Waals surface area contributed by atoms with Gasteiger partial charge < -0.3 is 102 Å². The molecule has 3 aliphatic rings. The third kappa shape index (κ3) is 27.0. The van der Waals surface area contributed by atoms with Crippen LogP contribution in [0.3, 0.4) is 0 Å². The fourth-order valence-corrected chi connectivity index (χ4v) is 8.90. The molecule has 0 saturated carbocycles. The van der Waals surface area contributed by atoms with E-state index in [0.717, 1.165) is 0 Å². The molecular formula is C56H92N4O20. The van der Waals surface area contributed by atoms with Crippen molar-refractivity contribution in [2.24, 2.45) is 29.2 Å². The summed E-state index contributed by atoms with van der Waals surface area (Å²) in [6, 6.07) is -2.19. The van der Waals surface area contributed by atoms with Crippen LogP contribution in [-0.2, 0) is 38.1 Å².